The molecule has 0 spiro atoms. The van der Waals surface area contributed by atoms with Gasteiger partial charge in [0.25, 0.3) is 5.69 Å². The summed E-state index contributed by atoms with van der Waals surface area (Å²) in [4.78, 5) is 47.8. The number of fused-ring (bicyclic) bond motifs is 5. The molecule has 3 N–H and O–H groups in total. The number of sulfonamides is 1. The van der Waals surface area contributed by atoms with E-state index in [4.69, 9.17) is 4.74 Å². The Balaban J connectivity index is 1.21. The molecular weight excluding hydrogens is 795 g/mol. The minimum Gasteiger partial charge on any atom is -0.444 e. The van der Waals surface area contributed by atoms with Gasteiger partial charge in [-0.2, -0.15) is 4.31 Å². The van der Waals surface area contributed by atoms with Gasteiger partial charge in [0.15, 0.2) is 4.90 Å². The molecule has 3 fully saturated rings. The van der Waals surface area contributed by atoms with Gasteiger partial charge in [-0.25, -0.2) is 13.2 Å². The van der Waals surface area contributed by atoms with Crippen LogP contribution in [0.1, 0.15) is 145 Å². The highest BCUT2D eigenvalue weighted by Gasteiger charge is 2.59. The molecule has 0 heterocycles. The second-order valence-electron chi connectivity index (χ2n) is 20.5. The van der Waals surface area contributed by atoms with Crippen LogP contribution in [-0.2, 0) is 24.3 Å². The van der Waals surface area contributed by atoms with Crippen LogP contribution in [0.15, 0.2) is 40.8 Å². The number of nitro groups is 1. The van der Waals surface area contributed by atoms with Crippen molar-refractivity contribution in [3.05, 3.63) is 46.0 Å². The van der Waals surface area contributed by atoms with E-state index in [1.165, 1.54) is 79.1 Å². The van der Waals surface area contributed by atoms with Crippen molar-refractivity contribution >= 4 is 33.6 Å². The minimum absolute atomic E-state index is 0.00606. The molecule has 4 aliphatic carbocycles. The first-order chi connectivity index (χ1) is 28.7. The van der Waals surface area contributed by atoms with Crippen molar-refractivity contribution in [2.24, 2.45) is 46.3 Å². The fourth-order valence-corrected chi connectivity index (χ4v) is 13.8. The van der Waals surface area contributed by atoms with Crippen LogP contribution in [0.5, 0.6) is 0 Å². The normalized spacial score (nSPS) is 27.9. The summed E-state index contributed by atoms with van der Waals surface area (Å²) in [5.41, 5.74) is 0.612. The number of benzene rings is 1. The Hall–Kier alpha value is -3.52. The van der Waals surface area contributed by atoms with Gasteiger partial charge in [0.05, 0.1) is 4.92 Å². The van der Waals surface area contributed by atoms with Crippen LogP contribution in [-0.4, -0.2) is 73.4 Å². The molecule has 0 saturated heterocycles. The van der Waals surface area contributed by atoms with Gasteiger partial charge in [-0.05, 0) is 131 Å². The molecule has 0 bridgehead atoms. The van der Waals surface area contributed by atoms with E-state index in [1.807, 2.05) is 0 Å². The number of alkyl carbamates (subject to hydrolysis) is 1. The highest BCUT2D eigenvalue weighted by Crippen LogP contribution is 2.67. The van der Waals surface area contributed by atoms with Crippen LogP contribution in [0.3, 0.4) is 0 Å². The van der Waals surface area contributed by atoms with Crippen LogP contribution in [0.2, 0.25) is 0 Å². The van der Waals surface area contributed by atoms with Crippen LogP contribution >= 0.6 is 0 Å². The zero-order valence-electron chi connectivity index (χ0n) is 38.2. The Kier molecular flexibility index (Phi) is 16.2. The average Bonchev–Trinajstić information content (AvgIpc) is 3.54. The third-order valence-corrected chi connectivity index (χ3v) is 16.9. The number of allylic oxidation sites excluding steroid dienone is 1. The summed E-state index contributed by atoms with van der Waals surface area (Å²) in [6, 6.07) is 5.19. The highest BCUT2D eigenvalue weighted by atomic mass is 32.2. The predicted octanol–water partition coefficient (Wildman–Crippen LogP) is 8.92. The summed E-state index contributed by atoms with van der Waals surface area (Å²) < 4.78 is 35.7. The van der Waals surface area contributed by atoms with Gasteiger partial charge in [0.1, 0.15) is 5.60 Å². The summed E-state index contributed by atoms with van der Waals surface area (Å²) in [7, 11) is -4.28. The number of nitrogens with zero attached hydrogens (tertiary/aromatic N) is 2. The first-order valence-electron chi connectivity index (χ1n) is 23.1. The molecule has 3 saturated carbocycles. The first kappa shape index (κ1) is 48.5. The SMILES string of the molecule is CC(C)CCC[C@@H](C)[C@H]1CC[C@H]2[C@@H]3CC=C4C[C@@H](N(CCCNC(=O)CCNC(=O)CCNC(=O)OC(C)(C)C)S(=O)(=O)c5ccccc5[N+](=O)[O-])CC[C@]4(C)[C@H]3CC[C@]12C. The number of amides is 3. The van der Waals surface area contributed by atoms with Crippen LogP contribution in [0, 0.1) is 56.5 Å². The summed E-state index contributed by atoms with van der Waals surface area (Å²) in [5.74, 6) is 3.57. The van der Waals surface area contributed by atoms with Crippen molar-refractivity contribution in [1.29, 1.82) is 0 Å². The molecule has 342 valence electrons. The molecule has 1 aromatic rings. The minimum atomic E-state index is -4.28. The quantitative estimate of drug-likeness (QED) is 0.0534. The molecule has 0 aromatic heterocycles. The van der Waals surface area contributed by atoms with E-state index < -0.39 is 32.3 Å². The lowest BCUT2D eigenvalue weighted by Crippen LogP contribution is -2.53. The third-order valence-electron chi connectivity index (χ3n) is 14.9. The number of hydrogen-bond donors (Lipinski definition) is 3. The standard InChI is InChI=1S/C47H75N5O8S/c1-32(2)13-11-14-33(3)37-19-20-38-36-18-17-34-31-35(21-25-46(34,7)39(36)22-26-47(37,38)8)51(61(58,59)41-16-10-9-15-40(41)52(56)57)30-12-27-48-42(53)23-28-49-43(54)24-29-50-44(55)60-45(4,5)6/h9-10,15-17,32-33,35-39H,11-14,18-31H2,1-8H3,(H,48,53)(H,49,54)(H,50,55)/t33-,35+,36+,37-,38+,39+,46+,47-/m1/s1. The van der Waals surface area contributed by atoms with Crippen molar-refractivity contribution in [1.82, 2.24) is 20.3 Å². The van der Waals surface area contributed by atoms with Crippen molar-refractivity contribution < 1.29 is 32.5 Å². The zero-order valence-corrected chi connectivity index (χ0v) is 39.0. The maximum atomic E-state index is 14.5. The number of carbonyl (C=O) groups is 3. The molecule has 61 heavy (non-hydrogen) atoms. The molecule has 8 atom stereocenters. The molecule has 0 radical (unpaired) electrons. The lowest BCUT2D eigenvalue weighted by atomic mass is 9.47. The van der Waals surface area contributed by atoms with Crippen molar-refractivity contribution in [2.75, 3.05) is 26.2 Å². The predicted molar refractivity (Wildman–Crippen MR) is 238 cm³/mol. The zero-order chi connectivity index (χ0) is 44.8. The summed E-state index contributed by atoms with van der Waals surface area (Å²) in [6.45, 7) is 17.9. The van der Waals surface area contributed by atoms with E-state index >= 15 is 0 Å². The number of hydrogen-bond acceptors (Lipinski definition) is 8. The van der Waals surface area contributed by atoms with E-state index in [0.29, 0.717) is 42.4 Å². The van der Waals surface area contributed by atoms with Gasteiger partial charge in [-0.15, -0.1) is 0 Å². The van der Waals surface area contributed by atoms with Crippen LogP contribution < -0.4 is 16.0 Å². The molecular formula is C47H75N5O8S. The van der Waals surface area contributed by atoms with E-state index in [2.05, 4.69) is 56.6 Å². The molecule has 1 aromatic carbocycles. The molecule has 0 aliphatic heterocycles. The monoisotopic (exact) mass is 870 g/mol. The molecule has 14 heteroatoms. The smallest absolute Gasteiger partial charge is 0.407 e. The van der Waals surface area contributed by atoms with Crippen molar-refractivity contribution in [3.63, 3.8) is 0 Å². The Morgan fingerprint density at radius 3 is 2.25 bits per heavy atom. The van der Waals surface area contributed by atoms with Crippen LogP contribution in [0.25, 0.3) is 0 Å². The van der Waals surface area contributed by atoms with E-state index in [9.17, 15) is 32.9 Å². The largest absolute Gasteiger partial charge is 0.444 e. The van der Waals surface area contributed by atoms with Crippen molar-refractivity contribution in [2.45, 2.75) is 162 Å². The van der Waals surface area contributed by atoms with Gasteiger partial charge in [0.2, 0.25) is 21.8 Å². The summed E-state index contributed by atoms with van der Waals surface area (Å²) >= 11 is 0. The second kappa shape index (κ2) is 20.3. The number of ether oxygens (including phenoxy) is 1. The molecule has 3 amide bonds. The van der Waals surface area contributed by atoms with Gasteiger partial charge in [0, 0.05) is 51.1 Å². The Morgan fingerprint density at radius 1 is 0.902 bits per heavy atom. The fraction of sp³-hybridized carbons (Fsp3) is 0.766. The maximum Gasteiger partial charge on any atom is 0.407 e. The second-order valence-corrected chi connectivity index (χ2v) is 22.4. The molecule has 5 rings (SSSR count). The Labute approximate surface area is 365 Å². The molecule has 4 aliphatic rings. The number of rotatable bonds is 19. The molecule has 13 nitrogen and oxygen atoms in total. The number of nitrogens with one attached hydrogen (secondary N) is 3. The van der Waals surface area contributed by atoms with Gasteiger partial charge in [-0.3, -0.25) is 19.7 Å². The van der Waals surface area contributed by atoms with Gasteiger partial charge in [-0.1, -0.05) is 77.7 Å². The number of nitro benzene ring substituents is 1. The maximum absolute atomic E-state index is 14.5. The lowest BCUT2D eigenvalue weighted by Gasteiger charge is -2.59. The highest BCUT2D eigenvalue weighted by molar-refractivity contribution is 7.89. The van der Waals surface area contributed by atoms with Gasteiger partial charge < -0.3 is 20.7 Å². The first-order valence-corrected chi connectivity index (χ1v) is 24.6. The lowest BCUT2D eigenvalue weighted by molar-refractivity contribution is -0.387. The number of carbonyl (C=O) groups excluding carboxylic acids is 3. The van der Waals surface area contributed by atoms with Crippen LogP contribution in [0.4, 0.5) is 10.5 Å². The third kappa shape index (κ3) is 11.7. The fourth-order valence-electron chi connectivity index (χ4n) is 11.9. The summed E-state index contributed by atoms with van der Waals surface area (Å²) in [6.07, 6.45) is 14.4. The molecule has 0 unspecified atom stereocenters. The Bertz CT molecular complexity index is 1860. The van der Waals surface area contributed by atoms with Gasteiger partial charge >= 0.3 is 6.09 Å². The summed E-state index contributed by atoms with van der Waals surface area (Å²) in [5, 5.41) is 20.1. The van der Waals surface area contributed by atoms with E-state index in [0.717, 1.165) is 30.6 Å². The van der Waals surface area contributed by atoms with E-state index in [1.54, 1.807) is 20.8 Å². The van der Waals surface area contributed by atoms with E-state index in [-0.39, 0.29) is 67.2 Å². The average molecular weight is 870 g/mol. The Morgan fingerprint density at radius 2 is 1.57 bits per heavy atom. The topological polar surface area (TPSA) is 177 Å². The number of para-hydroxylation sites is 1. The van der Waals surface area contributed by atoms with Crippen molar-refractivity contribution in [3.8, 4) is 0 Å².